The fourth-order valence-corrected chi connectivity index (χ4v) is 3.89. The Morgan fingerprint density at radius 3 is 2.38 bits per heavy atom. The predicted molar refractivity (Wildman–Crippen MR) is 106 cm³/mol. The molecule has 8 heteroatoms. The molecule has 2 aromatic carbocycles. The van der Waals surface area contributed by atoms with Crippen molar-refractivity contribution in [3.05, 3.63) is 46.4 Å². The molecule has 2 aromatic rings. The second-order valence-electron chi connectivity index (χ2n) is 6.74. The lowest BCUT2D eigenvalue weighted by Gasteiger charge is -2.39. The maximum atomic E-state index is 13.0. The van der Waals surface area contributed by atoms with E-state index in [0.717, 1.165) is 22.0 Å². The summed E-state index contributed by atoms with van der Waals surface area (Å²) < 4.78 is 32.2. The van der Waals surface area contributed by atoms with Crippen molar-refractivity contribution >= 4 is 48.9 Å². The molecule has 1 aliphatic rings. The first-order chi connectivity index (χ1) is 12.0. The second-order valence-corrected chi connectivity index (χ2v) is 9.40. The van der Waals surface area contributed by atoms with E-state index in [1.165, 1.54) is 0 Å². The zero-order valence-corrected chi connectivity index (χ0v) is 17.2. The second kappa shape index (κ2) is 6.28. The van der Waals surface area contributed by atoms with E-state index in [0.29, 0.717) is 17.1 Å². The lowest BCUT2D eigenvalue weighted by molar-refractivity contribution is -0.131. The van der Waals surface area contributed by atoms with Crippen molar-refractivity contribution in [2.24, 2.45) is 0 Å². The Balaban J connectivity index is 2.16. The monoisotopic (exact) mass is 438 g/mol. The van der Waals surface area contributed by atoms with Crippen LogP contribution in [-0.2, 0) is 14.8 Å². The summed E-state index contributed by atoms with van der Waals surface area (Å²) >= 11 is 3.43. The number of hydrogen-bond acceptors (Lipinski definition) is 4. The van der Waals surface area contributed by atoms with Crippen LogP contribution in [0.1, 0.15) is 19.4 Å². The molecule has 6 nitrogen and oxygen atoms in total. The first-order valence-corrected chi connectivity index (χ1v) is 10.6. The molecule has 0 bridgehead atoms. The van der Waals surface area contributed by atoms with Crippen LogP contribution in [0, 0.1) is 6.92 Å². The summed E-state index contributed by atoms with van der Waals surface area (Å²) in [5.74, 6) is 0.241. The Bertz CT molecular complexity index is 1000. The summed E-state index contributed by atoms with van der Waals surface area (Å²) in [5, 5.41) is 0. The molecule has 0 saturated heterocycles. The number of nitrogens with one attached hydrogen (secondary N) is 1. The molecule has 26 heavy (non-hydrogen) atoms. The molecule has 0 radical (unpaired) electrons. The quantitative estimate of drug-likeness (QED) is 0.786. The number of fused-ring (bicyclic) bond motifs is 1. The smallest absolute Gasteiger partial charge is 0.275 e. The average molecular weight is 439 g/mol. The van der Waals surface area contributed by atoms with Gasteiger partial charge < -0.3 is 4.74 Å². The van der Waals surface area contributed by atoms with E-state index in [1.54, 1.807) is 36.9 Å². The van der Waals surface area contributed by atoms with Crippen molar-refractivity contribution in [3.8, 4) is 5.75 Å². The van der Waals surface area contributed by atoms with Crippen LogP contribution in [0.3, 0.4) is 0 Å². The topological polar surface area (TPSA) is 75.7 Å². The average Bonchev–Trinajstić information content (AvgIpc) is 2.48. The minimum atomic E-state index is -3.41. The molecule has 3 rings (SSSR count). The number of amides is 1. The van der Waals surface area contributed by atoms with E-state index in [2.05, 4.69) is 20.7 Å². The number of nitrogens with zero attached hydrogens (tertiary/aromatic N) is 1. The Kier molecular flexibility index (Phi) is 4.52. The van der Waals surface area contributed by atoms with Crippen molar-refractivity contribution in [3.63, 3.8) is 0 Å². The number of ether oxygens (including phenoxy) is 1. The first kappa shape index (κ1) is 18.7. The van der Waals surface area contributed by atoms with Crippen molar-refractivity contribution < 1.29 is 17.9 Å². The maximum Gasteiger partial charge on any atom is 0.275 e. The molecular weight excluding hydrogens is 420 g/mol. The highest BCUT2D eigenvalue weighted by molar-refractivity contribution is 9.10. The van der Waals surface area contributed by atoms with Crippen LogP contribution < -0.4 is 14.4 Å². The van der Waals surface area contributed by atoms with Crippen molar-refractivity contribution in [1.29, 1.82) is 0 Å². The van der Waals surface area contributed by atoms with Gasteiger partial charge in [0.2, 0.25) is 10.0 Å². The fraction of sp³-hybridized carbons (Fsp3) is 0.278. The van der Waals surface area contributed by atoms with Gasteiger partial charge in [0.25, 0.3) is 5.91 Å². The number of anilines is 3. The minimum Gasteiger partial charge on any atom is -0.476 e. The molecule has 0 spiro atoms. The number of carbonyl (C=O) groups is 1. The lowest BCUT2D eigenvalue weighted by Crippen LogP contribution is -2.50. The largest absolute Gasteiger partial charge is 0.476 e. The summed E-state index contributed by atoms with van der Waals surface area (Å²) in [6.45, 7) is 5.31. The third-order valence-electron chi connectivity index (χ3n) is 3.99. The summed E-state index contributed by atoms with van der Waals surface area (Å²) in [7, 11) is -3.41. The highest BCUT2D eigenvalue weighted by atomic mass is 79.9. The van der Waals surface area contributed by atoms with E-state index in [1.807, 2.05) is 25.1 Å². The van der Waals surface area contributed by atoms with Gasteiger partial charge in [-0.3, -0.25) is 14.4 Å². The molecule has 1 N–H and O–H groups in total. The van der Waals surface area contributed by atoms with Crippen LogP contribution in [0.4, 0.5) is 17.1 Å². The zero-order chi connectivity index (χ0) is 19.3. The van der Waals surface area contributed by atoms with Gasteiger partial charge in [-0.2, -0.15) is 0 Å². The molecule has 0 saturated carbocycles. The number of hydrogen-bond donors (Lipinski definition) is 1. The molecule has 1 heterocycles. The molecule has 0 unspecified atom stereocenters. The van der Waals surface area contributed by atoms with Gasteiger partial charge in [0.15, 0.2) is 5.60 Å². The predicted octanol–water partition coefficient (Wildman–Crippen LogP) is 3.96. The van der Waals surface area contributed by atoms with Crippen LogP contribution in [0.5, 0.6) is 5.75 Å². The minimum absolute atomic E-state index is 0.195. The van der Waals surface area contributed by atoms with Gasteiger partial charge in [0, 0.05) is 10.5 Å². The van der Waals surface area contributed by atoms with E-state index in [4.69, 9.17) is 4.74 Å². The van der Waals surface area contributed by atoms with Crippen LogP contribution in [0.2, 0.25) is 0 Å². The van der Waals surface area contributed by atoms with Gasteiger partial charge in [-0.1, -0.05) is 15.9 Å². The summed E-state index contributed by atoms with van der Waals surface area (Å²) in [6, 6.07) is 10.5. The standard InChI is InChI=1S/C18H19BrN2O4S/c1-11-9-12(19)5-7-14(11)21-15-8-6-13(20-26(4,23)24)10-16(15)25-18(2,3)17(21)22/h5-10,20H,1-4H3. The number of sulfonamides is 1. The van der Waals surface area contributed by atoms with E-state index >= 15 is 0 Å². The molecule has 0 aromatic heterocycles. The highest BCUT2D eigenvalue weighted by Gasteiger charge is 2.42. The van der Waals surface area contributed by atoms with Crippen molar-refractivity contribution in [2.45, 2.75) is 26.4 Å². The molecular formula is C18H19BrN2O4S. The highest BCUT2D eigenvalue weighted by Crippen LogP contribution is 2.44. The van der Waals surface area contributed by atoms with Crippen molar-refractivity contribution in [1.82, 2.24) is 0 Å². The molecule has 1 aliphatic heterocycles. The first-order valence-electron chi connectivity index (χ1n) is 7.89. The van der Waals surface area contributed by atoms with Crippen LogP contribution in [0.25, 0.3) is 0 Å². The van der Waals surface area contributed by atoms with E-state index in [-0.39, 0.29) is 5.91 Å². The molecule has 138 valence electrons. The third-order valence-corrected chi connectivity index (χ3v) is 5.09. The Hall–Kier alpha value is -2.06. The summed E-state index contributed by atoms with van der Waals surface area (Å²) in [6.07, 6.45) is 1.08. The summed E-state index contributed by atoms with van der Waals surface area (Å²) in [5.41, 5.74) is 1.54. The van der Waals surface area contributed by atoms with Gasteiger partial charge in [-0.25, -0.2) is 8.42 Å². The normalized spacial score (nSPS) is 16.0. The molecule has 1 amide bonds. The number of aryl methyl sites for hydroxylation is 1. The van der Waals surface area contributed by atoms with Gasteiger partial charge >= 0.3 is 0 Å². The number of benzene rings is 2. The molecule has 0 atom stereocenters. The van der Waals surface area contributed by atoms with Gasteiger partial charge in [0.1, 0.15) is 5.75 Å². The third kappa shape index (κ3) is 3.57. The molecule has 0 fully saturated rings. The Morgan fingerprint density at radius 1 is 1.12 bits per heavy atom. The van der Waals surface area contributed by atoms with Gasteiger partial charge in [0.05, 0.1) is 23.3 Å². The Labute approximate surface area is 161 Å². The van der Waals surface area contributed by atoms with Gasteiger partial charge in [-0.05, 0) is 56.7 Å². The maximum absolute atomic E-state index is 13.0. The number of halogens is 1. The number of carbonyl (C=O) groups excluding carboxylic acids is 1. The van der Waals surface area contributed by atoms with Crippen LogP contribution in [0.15, 0.2) is 40.9 Å². The van der Waals surface area contributed by atoms with Crippen LogP contribution >= 0.6 is 15.9 Å². The summed E-state index contributed by atoms with van der Waals surface area (Å²) in [4.78, 5) is 14.7. The zero-order valence-electron chi connectivity index (χ0n) is 14.8. The molecule has 0 aliphatic carbocycles. The van der Waals surface area contributed by atoms with Crippen LogP contribution in [-0.4, -0.2) is 26.2 Å². The fourth-order valence-electron chi connectivity index (χ4n) is 2.86. The van der Waals surface area contributed by atoms with Gasteiger partial charge in [-0.15, -0.1) is 0 Å². The Morgan fingerprint density at radius 2 is 1.77 bits per heavy atom. The van der Waals surface area contributed by atoms with E-state index in [9.17, 15) is 13.2 Å². The van der Waals surface area contributed by atoms with Crippen molar-refractivity contribution in [2.75, 3.05) is 15.9 Å². The lowest BCUT2D eigenvalue weighted by atomic mass is 10.0. The van der Waals surface area contributed by atoms with E-state index < -0.39 is 15.6 Å². The SMILES string of the molecule is Cc1cc(Br)ccc1N1C(=O)C(C)(C)Oc2cc(NS(C)(=O)=O)ccc21. The number of rotatable bonds is 3.